The Balaban J connectivity index is 1.41. The third-order valence-corrected chi connectivity index (χ3v) is 5.91. The Morgan fingerprint density at radius 1 is 1.10 bits per heavy atom. The molecule has 1 saturated heterocycles. The van der Waals surface area contributed by atoms with Crippen LogP contribution in [0.15, 0.2) is 36.5 Å². The maximum atomic E-state index is 12.2. The average Bonchev–Trinajstić information content (AvgIpc) is 3.16. The summed E-state index contributed by atoms with van der Waals surface area (Å²) in [5.41, 5.74) is 1.47. The number of aromatic nitrogens is 2. The fraction of sp³-hybridized carbons (Fsp3) is 0.409. The van der Waals surface area contributed by atoms with E-state index in [-0.39, 0.29) is 6.09 Å². The second-order valence-corrected chi connectivity index (χ2v) is 9.24. The minimum atomic E-state index is -0.475. The summed E-state index contributed by atoms with van der Waals surface area (Å²) in [6.45, 7) is 8.35. The number of carbonyl (C=O) groups is 1. The van der Waals surface area contributed by atoms with Crippen molar-refractivity contribution in [3.63, 3.8) is 0 Å². The number of methoxy groups -OCH3 is 1. The third-order valence-electron chi connectivity index (χ3n) is 4.85. The number of ether oxygens (including phenoxy) is 2. The fourth-order valence-electron chi connectivity index (χ4n) is 3.30. The number of fused-ring (bicyclic) bond motifs is 1. The minimum absolute atomic E-state index is 0.252. The van der Waals surface area contributed by atoms with E-state index in [9.17, 15) is 4.79 Å². The molecule has 3 heterocycles. The van der Waals surface area contributed by atoms with Crippen molar-refractivity contribution >= 4 is 33.5 Å². The number of anilines is 1. The fourth-order valence-corrected chi connectivity index (χ4v) is 4.28. The monoisotopic (exact) mass is 426 g/mol. The van der Waals surface area contributed by atoms with Crippen LogP contribution >= 0.6 is 11.3 Å². The highest BCUT2D eigenvalue weighted by Crippen LogP contribution is 2.32. The van der Waals surface area contributed by atoms with Crippen LogP contribution < -0.4 is 9.64 Å². The SMILES string of the molecule is COc1ccc2nc(-c3ccc(N4CCN(C(=O)OC(C)(C)C)CC4)nc3)sc2c1. The van der Waals surface area contributed by atoms with E-state index in [2.05, 4.69) is 16.0 Å². The second-order valence-electron chi connectivity index (χ2n) is 8.21. The molecule has 4 rings (SSSR count). The van der Waals surface area contributed by atoms with E-state index in [1.54, 1.807) is 23.3 Å². The van der Waals surface area contributed by atoms with Crippen LogP contribution in [-0.2, 0) is 4.74 Å². The molecule has 0 atom stereocenters. The lowest BCUT2D eigenvalue weighted by atomic mass is 10.2. The van der Waals surface area contributed by atoms with Crippen LogP contribution in [0.1, 0.15) is 20.8 Å². The van der Waals surface area contributed by atoms with Gasteiger partial charge in [-0.25, -0.2) is 14.8 Å². The molecule has 0 N–H and O–H groups in total. The Morgan fingerprint density at radius 2 is 1.87 bits per heavy atom. The Kier molecular flexibility index (Phi) is 5.51. The smallest absolute Gasteiger partial charge is 0.410 e. The molecule has 0 radical (unpaired) electrons. The summed E-state index contributed by atoms with van der Waals surface area (Å²) in [7, 11) is 1.67. The molecule has 0 saturated carbocycles. The number of piperazine rings is 1. The van der Waals surface area contributed by atoms with Crippen LogP contribution in [-0.4, -0.2) is 59.9 Å². The van der Waals surface area contributed by atoms with Crippen LogP contribution in [0.4, 0.5) is 10.6 Å². The van der Waals surface area contributed by atoms with E-state index in [1.165, 1.54) is 0 Å². The third kappa shape index (κ3) is 4.48. The first-order chi connectivity index (χ1) is 14.3. The van der Waals surface area contributed by atoms with Gasteiger partial charge in [-0.1, -0.05) is 0 Å². The summed E-state index contributed by atoms with van der Waals surface area (Å²) in [5.74, 6) is 1.74. The predicted octanol–water partition coefficient (Wildman–Crippen LogP) is 4.42. The van der Waals surface area contributed by atoms with Gasteiger partial charge in [-0.3, -0.25) is 0 Å². The number of hydrogen-bond acceptors (Lipinski definition) is 7. The largest absolute Gasteiger partial charge is 0.497 e. The van der Waals surface area contributed by atoms with Crippen molar-refractivity contribution in [2.75, 3.05) is 38.2 Å². The van der Waals surface area contributed by atoms with Crippen molar-refractivity contribution in [2.24, 2.45) is 0 Å². The van der Waals surface area contributed by atoms with Gasteiger partial charge in [0, 0.05) is 37.9 Å². The molecule has 1 aliphatic rings. The standard InChI is InChI=1S/C22H26N4O3S/c1-22(2,3)29-21(27)26-11-9-25(10-12-26)19-8-5-15(14-23-19)20-24-17-7-6-16(28-4)13-18(17)30-20/h5-8,13-14H,9-12H2,1-4H3. The normalized spacial score (nSPS) is 14.8. The highest BCUT2D eigenvalue weighted by Gasteiger charge is 2.26. The van der Waals surface area contributed by atoms with Gasteiger partial charge in [0.05, 0.1) is 17.3 Å². The zero-order chi connectivity index (χ0) is 21.3. The first kappa shape index (κ1) is 20.4. The molecule has 0 aliphatic carbocycles. The number of rotatable bonds is 3. The molecular weight excluding hydrogens is 400 g/mol. The number of thiazole rings is 1. The number of amides is 1. The molecule has 1 fully saturated rings. The van der Waals surface area contributed by atoms with Crippen molar-refractivity contribution in [3.8, 4) is 16.3 Å². The van der Waals surface area contributed by atoms with Crippen molar-refractivity contribution in [3.05, 3.63) is 36.5 Å². The molecule has 30 heavy (non-hydrogen) atoms. The molecule has 7 nitrogen and oxygen atoms in total. The van der Waals surface area contributed by atoms with Crippen molar-refractivity contribution < 1.29 is 14.3 Å². The van der Waals surface area contributed by atoms with E-state index in [0.29, 0.717) is 13.1 Å². The van der Waals surface area contributed by atoms with Gasteiger partial charge >= 0.3 is 6.09 Å². The van der Waals surface area contributed by atoms with Crippen molar-refractivity contribution in [2.45, 2.75) is 26.4 Å². The quantitative estimate of drug-likeness (QED) is 0.617. The molecule has 0 spiro atoms. The second kappa shape index (κ2) is 8.10. The lowest BCUT2D eigenvalue weighted by Gasteiger charge is -2.36. The van der Waals surface area contributed by atoms with E-state index in [0.717, 1.165) is 45.4 Å². The lowest BCUT2D eigenvalue weighted by Crippen LogP contribution is -2.50. The van der Waals surface area contributed by atoms with Gasteiger partial charge in [-0.2, -0.15) is 0 Å². The maximum Gasteiger partial charge on any atom is 0.410 e. The average molecular weight is 427 g/mol. The Hall–Kier alpha value is -2.87. The van der Waals surface area contributed by atoms with Crippen molar-refractivity contribution in [1.82, 2.24) is 14.9 Å². The maximum absolute atomic E-state index is 12.2. The van der Waals surface area contributed by atoms with Crippen LogP contribution in [0.2, 0.25) is 0 Å². The highest BCUT2D eigenvalue weighted by atomic mass is 32.1. The summed E-state index contributed by atoms with van der Waals surface area (Å²) < 4.78 is 11.8. The minimum Gasteiger partial charge on any atom is -0.497 e. The zero-order valence-corrected chi connectivity index (χ0v) is 18.5. The molecular formula is C22H26N4O3S. The van der Waals surface area contributed by atoms with Crippen LogP contribution in [0.5, 0.6) is 5.75 Å². The van der Waals surface area contributed by atoms with E-state index in [1.807, 2.05) is 51.2 Å². The van der Waals surface area contributed by atoms with Gasteiger partial charge in [-0.05, 0) is 51.1 Å². The van der Waals surface area contributed by atoms with E-state index >= 15 is 0 Å². The molecule has 2 aromatic heterocycles. The van der Waals surface area contributed by atoms with Crippen LogP contribution in [0.3, 0.4) is 0 Å². The van der Waals surface area contributed by atoms with Gasteiger partial charge in [0.25, 0.3) is 0 Å². The number of benzene rings is 1. The zero-order valence-electron chi connectivity index (χ0n) is 17.7. The Labute approximate surface area is 180 Å². The summed E-state index contributed by atoms with van der Waals surface area (Å²) >= 11 is 1.63. The first-order valence-corrected chi connectivity index (χ1v) is 10.8. The van der Waals surface area contributed by atoms with Gasteiger partial charge < -0.3 is 19.3 Å². The first-order valence-electron chi connectivity index (χ1n) is 9.96. The molecule has 1 aromatic carbocycles. The molecule has 1 amide bonds. The van der Waals surface area contributed by atoms with Gasteiger partial charge in [0.2, 0.25) is 0 Å². The number of nitrogens with zero attached hydrogens (tertiary/aromatic N) is 4. The van der Waals surface area contributed by atoms with Crippen LogP contribution in [0, 0.1) is 0 Å². The van der Waals surface area contributed by atoms with Gasteiger partial charge in [0.15, 0.2) is 0 Å². The van der Waals surface area contributed by atoms with Crippen LogP contribution in [0.25, 0.3) is 20.8 Å². The Morgan fingerprint density at radius 3 is 2.50 bits per heavy atom. The predicted molar refractivity (Wildman–Crippen MR) is 119 cm³/mol. The number of hydrogen-bond donors (Lipinski definition) is 0. The van der Waals surface area contributed by atoms with Gasteiger partial charge in [-0.15, -0.1) is 11.3 Å². The molecule has 0 unspecified atom stereocenters. The lowest BCUT2D eigenvalue weighted by molar-refractivity contribution is 0.0240. The molecule has 8 heteroatoms. The summed E-state index contributed by atoms with van der Waals surface area (Å²) in [6, 6.07) is 9.97. The van der Waals surface area contributed by atoms with Gasteiger partial charge in [0.1, 0.15) is 22.2 Å². The molecule has 0 bridgehead atoms. The molecule has 158 valence electrons. The summed E-state index contributed by atoms with van der Waals surface area (Å²) in [4.78, 5) is 25.5. The Bertz CT molecular complexity index is 1030. The summed E-state index contributed by atoms with van der Waals surface area (Å²) in [6.07, 6.45) is 1.61. The van der Waals surface area contributed by atoms with E-state index in [4.69, 9.17) is 14.5 Å². The number of carbonyl (C=O) groups excluding carboxylic acids is 1. The number of pyridine rings is 1. The highest BCUT2D eigenvalue weighted by molar-refractivity contribution is 7.21. The molecule has 3 aromatic rings. The molecule has 1 aliphatic heterocycles. The van der Waals surface area contributed by atoms with Crippen molar-refractivity contribution in [1.29, 1.82) is 0 Å². The van der Waals surface area contributed by atoms with E-state index < -0.39 is 5.60 Å². The topological polar surface area (TPSA) is 67.8 Å². The summed E-state index contributed by atoms with van der Waals surface area (Å²) in [5, 5.41) is 0.937.